The third-order valence-electron chi connectivity index (χ3n) is 5.72. The van der Waals surface area contributed by atoms with Crippen LogP contribution in [0.15, 0.2) is 18.6 Å². The molecule has 28 heavy (non-hydrogen) atoms. The molecule has 0 aromatic carbocycles. The highest BCUT2D eigenvalue weighted by atomic mass is 16.2. The van der Waals surface area contributed by atoms with Gasteiger partial charge in [0.25, 0.3) is 11.8 Å². The van der Waals surface area contributed by atoms with Crippen LogP contribution >= 0.6 is 0 Å². The maximum absolute atomic E-state index is 12.7. The summed E-state index contributed by atoms with van der Waals surface area (Å²) in [6.07, 6.45) is 9.17. The molecule has 2 N–H and O–H groups in total. The fourth-order valence-electron chi connectivity index (χ4n) is 4.17. The lowest BCUT2D eigenvalue weighted by molar-refractivity contribution is -0.140. The number of piperazine rings is 1. The maximum Gasteiger partial charge on any atom is 0.344 e. The number of carbonyl (C=O) groups excluding carboxylic acids is 3. The van der Waals surface area contributed by atoms with Crippen LogP contribution < -0.4 is 15.6 Å². The zero-order valence-corrected chi connectivity index (χ0v) is 15.8. The Balaban J connectivity index is 1.28. The summed E-state index contributed by atoms with van der Waals surface area (Å²) in [5.41, 5.74) is 1.67. The summed E-state index contributed by atoms with van der Waals surface area (Å²) in [6.45, 7) is 2.98. The number of carbonyl (C=O) groups is 3. The Bertz CT molecular complexity index is 743. The van der Waals surface area contributed by atoms with E-state index in [1.807, 2.05) is 4.90 Å². The molecule has 1 spiro atoms. The quantitative estimate of drug-likeness (QED) is 0.693. The van der Waals surface area contributed by atoms with Gasteiger partial charge in [0.1, 0.15) is 11.4 Å². The van der Waals surface area contributed by atoms with Gasteiger partial charge >= 0.3 is 6.03 Å². The van der Waals surface area contributed by atoms with E-state index in [4.69, 9.17) is 0 Å². The first-order valence-corrected chi connectivity index (χ1v) is 9.77. The number of aromatic nitrogens is 2. The SMILES string of the molecule is O=C(CN1CCN(c2cnccn2)CC1)NN1C(=O)NC2(CCCCC2)C1=O. The first-order valence-electron chi connectivity index (χ1n) is 9.77. The smallest absolute Gasteiger partial charge is 0.344 e. The van der Waals surface area contributed by atoms with Crippen molar-refractivity contribution in [2.45, 2.75) is 37.6 Å². The highest BCUT2D eigenvalue weighted by molar-refractivity contribution is 6.08. The van der Waals surface area contributed by atoms with E-state index >= 15 is 0 Å². The molecule has 1 aromatic rings. The molecule has 0 bridgehead atoms. The summed E-state index contributed by atoms with van der Waals surface area (Å²) < 4.78 is 0. The van der Waals surface area contributed by atoms with Crippen LogP contribution in [0.2, 0.25) is 0 Å². The molecule has 10 nitrogen and oxygen atoms in total. The lowest BCUT2D eigenvalue weighted by Crippen LogP contribution is -2.54. The second kappa shape index (κ2) is 7.70. The predicted molar refractivity (Wildman–Crippen MR) is 100 cm³/mol. The van der Waals surface area contributed by atoms with Gasteiger partial charge in [-0.25, -0.2) is 9.78 Å². The number of amides is 4. The summed E-state index contributed by atoms with van der Waals surface area (Å²) in [5.74, 6) is 0.131. The van der Waals surface area contributed by atoms with Crippen molar-refractivity contribution in [1.29, 1.82) is 0 Å². The van der Waals surface area contributed by atoms with Crippen molar-refractivity contribution in [3.05, 3.63) is 18.6 Å². The summed E-state index contributed by atoms with van der Waals surface area (Å²) in [4.78, 5) is 49.8. The van der Waals surface area contributed by atoms with Gasteiger partial charge in [-0.05, 0) is 12.8 Å². The fourth-order valence-corrected chi connectivity index (χ4v) is 4.17. The zero-order chi connectivity index (χ0) is 19.6. The second-order valence-corrected chi connectivity index (χ2v) is 7.58. The molecule has 0 unspecified atom stereocenters. The van der Waals surface area contributed by atoms with Gasteiger partial charge in [0.2, 0.25) is 0 Å². The van der Waals surface area contributed by atoms with E-state index in [1.54, 1.807) is 18.6 Å². The van der Waals surface area contributed by atoms with Gasteiger partial charge in [-0.1, -0.05) is 19.3 Å². The second-order valence-electron chi connectivity index (χ2n) is 7.58. The molecule has 1 aromatic heterocycles. The number of nitrogens with one attached hydrogen (secondary N) is 2. The van der Waals surface area contributed by atoms with Crippen LogP contribution in [0, 0.1) is 0 Å². The molecular weight excluding hydrogens is 362 g/mol. The standard InChI is InChI=1S/C18H25N7O3/c26-15(13-23-8-10-24(11-9-23)14-12-19-6-7-20-14)22-25-16(27)18(21-17(25)28)4-2-1-3-5-18/h6-7,12H,1-5,8-11,13H2,(H,21,28)(H,22,26). The third kappa shape index (κ3) is 3.64. The number of hydrogen-bond acceptors (Lipinski definition) is 7. The van der Waals surface area contributed by atoms with Crippen LogP contribution in [-0.4, -0.2) is 76.0 Å². The minimum Gasteiger partial charge on any atom is -0.353 e. The Labute approximate surface area is 163 Å². The topological polar surface area (TPSA) is 111 Å². The van der Waals surface area contributed by atoms with E-state index in [2.05, 4.69) is 25.6 Å². The number of imide groups is 1. The van der Waals surface area contributed by atoms with Crippen molar-refractivity contribution in [1.82, 2.24) is 30.6 Å². The van der Waals surface area contributed by atoms with Gasteiger partial charge in [-0.15, -0.1) is 0 Å². The third-order valence-corrected chi connectivity index (χ3v) is 5.72. The van der Waals surface area contributed by atoms with E-state index in [0.29, 0.717) is 25.9 Å². The van der Waals surface area contributed by atoms with E-state index in [9.17, 15) is 14.4 Å². The van der Waals surface area contributed by atoms with Crippen molar-refractivity contribution in [2.75, 3.05) is 37.6 Å². The molecule has 1 saturated carbocycles. The number of hydrogen-bond donors (Lipinski definition) is 2. The van der Waals surface area contributed by atoms with E-state index in [1.165, 1.54) is 0 Å². The van der Waals surface area contributed by atoms with Crippen LogP contribution in [0.4, 0.5) is 10.6 Å². The Kier molecular flexibility index (Phi) is 5.12. The molecule has 3 aliphatic rings. The normalized spacial score (nSPS) is 22.4. The molecule has 10 heteroatoms. The fraction of sp³-hybridized carbons (Fsp3) is 0.611. The summed E-state index contributed by atoms with van der Waals surface area (Å²) >= 11 is 0. The first kappa shape index (κ1) is 18.6. The van der Waals surface area contributed by atoms with Crippen molar-refractivity contribution in [2.24, 2.45) is 0 Å². The number of anilines is 1. The van der Waals surface area contributed by atoms with Gasteiger partial charge < -0.3 is 10.2 Å². The minimum absolute atomic E-state index is 0.137. The number of nitrogens with zero attached hydrogens (tertiary/aromatic N) is 5. The number of rotatable bonds is 4. The summed E-state index contributed by atoms with van der Waals surface area (Å²) in [6, 6.07) is -0.535. The molecule has 0 radical (unpaired) electrons. The molecule has 3 heterocycles. The Morgan fingerprint density at radius 1 is 1.11 bits per heavy atom. The van der Waals surface area contributed by atoms with Crippen LogP contribution in [0.3, 0.4) is 0 Å². The van der Waals surface area contributed by atoms with Crippen molar-refractivity contribution >= 4 is 23.7 Å². The Morgan fingerprint density at radius 2 is 1.86 bits per heavy atom. The highest BCUT2D eigenvalue weighted by Gasteiger charge is 2.52. The van der Waals surface area contributed by atoms with Crippen LogP contribution in [0.25, 0.3) is 0 Å². The van der Waals surface area contributed by atoms with E-state index in [0.717, 1.165) is 43.2 Å². The average molecular weight is 387 g/mol. The predicted octanol–water partition coefficient (Wildman–Crippen LogP) is -0.115. The van der Waals surface area contributed by atoms with E-state index < -0.39 is 11.6 Å². The van der Waals surface area contributed by atoms with Crippen LogP contribution in [0.5, 0.6) is 0 Å². The molecule has 3 fully saturated rings. The van der Waals surface area contributed by atoms with Gasteiger partial charge in [0, 0.05) is 38.6 Å². The van der Waals surface area contributed by atoms with Crippen molar-refractivity contribution in [3.8, 4) is 0 Å². The maximum atomic E-state index is 12.7. The molecule has 0 atom stereocenters. The van der Waals surface area contributed by atoms with Gasteiger partial charge in [-0.3, -0.25) is 24.9 Å². The van der Waals surface area contributed by atoms with Gasteiger partial charge in [0.05, 0.1) is 12.7 Å². The molecule has 4 amide bonds. The molecule has 2 aliphatic heterocycles. The molecule has 1 aliphatic carbocycles. The largest absolute Gasteiger partial charge is 0.353 e. The van der Waals surface area contributed by atoms with Gasteiger partial charge in [0.15, 0.2) is 0 Å². The average Bonchev–Trinajstić information content (AvgIpc) is 2.93. The lowest BCUT2D eigenvalue weighted by atomic mass is 9.82. The lowest BCUT2D eigenvalue weighted by Gasteiger charge is -2.35. The molecule has 2 saturated heterocycles. The van der Waals surface area contributed by atoms with Crippen LogP contribution in [0.1, 0.15) is 32.1 Å². The highest BCUT2D eigenvalue weighted by Crippen LogP contribution is 2.32. The monoisotopic (exact) mass is 387 g/mol. The zero-order valence-electron chi connectivity index (χ0n) is 15.8. The van der Waals surface area contributed by atoms with E-state index in [-0.39, 0.29) is 18.4 Å². The summed E-state index contributed by atoms with van der Waals surface area (Å²) in [7, 11) is 0. The number of hydrazine groups is 1. The van der Waals surface area contributed by atoms with Gasteiger partial charge in [-0.2, -0.15) is 5.01 Å². The number of urea groups is 1. The summed E-state index contributed by atoms with van der Waals surface area (Å²) in [5, 5.41) is 3.66. The molecule has 4 rings (SSSR count). The Hall–Kier alpha value is -2.75. The van der Waals surface area contributed by atoms with Crippen molar-refractivity contribution in [3.63, 3.8) is 0 Å². The molecule has 150 valence electrons. The van der Waals surface area contributed by atoms with Crippen LogP contribution in [-0.2, 0) is 9.59 Å². The first-order chi connectivity index (χ1) is 13.6. The molecular formula is C18H25N7O3. The van der Waals surface area contributed by atoms with Crippen molar-refractivity contribution < 1.29 is 14.4 Å². The minimum atomic E-state index is -0.828. The Morgan fingerprint density at radius 3 is 2.54 bits per heavy atom.